The first-order valence-electron chi connectivity index (χ1n) is 5.15. The number of aromatic nitrogens is 1. The lowest BCUT2D eigenvalue weighted by Crippen LogP contribution is -2.11. The van der Waals surface area contributed by atoms with Crippen molar-refractivity contribution in [3.63, 3.8) is 0 Å². The van der Waals surface area contributed by atoms with E-state index < -0.39 is 6.09 Å². The first kappa shape index (κ1) is 12.3. The molecule has 1 amide bonds. The Morgan fingerprint density at radius 1 is 1.61 bits per heavy atom. The van der Waals surface area contributed by atoms with Crippen LogP contribution in [0.5, 0.6) is 0 Å². The van der Waals surface area contributed by atoms with Crippen LogP contribution in [0.4, 0.5) is 10.6 Å². The highest BCUT2D eigenvalue weighted by molar-refractivity contribution is 7.12. The first-order chi connectivity index (χ1) is 8.65. The van der Waals surface area contributed by atoms with Crippen molar-refractivity contribution < 1.29 is 14.2 Å². The van der Waals surface area contributed by atoms with Gasteiger partial charge in [-0.05, 0) is 25.3 Å². The zero-order valence-corrected chi connectivity index (χ0v) is 10.7. The van der Waals surface area contributed by atoms with Gasteiger partial charge in [0.25, 0.3) is 0 Å². The van der Waals surface area contributed by atoms with Crippen molar-refractivity contribution >= 4 is 29.0 Å². The Morgan fingerprint density at radius 2 is 2.44 bits per heavy atom. The summed E-state index contributed by atoms with van der Waals surface area (Å²) in [5, 5.41) is 11.6. The maximum atomic E-state index is 11.4. The van der Waals surface area contributed by atoms with Crippen molar-refractivity contribution in [1.82, 2.24) is 5.16 Å². The van der Waals surface area contributed by atoms with Gasteiger partial charge in [0.05, 0.1) is 10.6 Å². The lowest BCUT2D eigenvalue weighted by atomic mass is 10.3. The van der Waals surface area contributed by atoms with E-state index in [2.05, 4.69) is 15.6 Å². The number of rotatable bonds is 3. The number of anilines is 1. The van der Waals surface area contributed by atoms with Crippen molar-refractivity contribution in [3.8, 4) is 0 Å². The Bertz CT molecular complexity index is 560. The second kappa shape index (κ2) is 5.46. The van der Waals surface area contributed by atoms with Gasteiger partial charge in [-0.2, -0.15) is 0 Å². The summed E-state index contributed by atoms with van der Waals surface area (Å²) in [4.78, 5) is 17.0. The van der Waals surface area contributed by atoms with Crippen LogP contribution < -0.4 is 5.32 Å². The van der Waals surface area contributed by atoms with E-state index in [-0.39, 0.29) is 0 Å². The number of aryl methyl sites for hydroxylation is 1. The van der Waals surface area contributed by atoms with Crippen LogP contribution in [0.15, 0.2) is 33.3 Å². The summed E-state index contributed by atoms with van der Waals surface area (Å²) in [5.41, 5.74) is 0.636. The van der Waals surface area contributed by atoms with Crippen LogP contribution in [0.1, 0.15) is 17.6 Å². The molecule has 2 aromatic heterocycles. The van der Waals surface area contributed by atoms with Gasteiger partial charge < -0.3 is 4.52 Å². The van der Waals surface area contributed by atoms with Gasteiger partial charge >= 0.3 is 6.09 Å². The topological polar surface area (TPSA) is 76.7 Å². The quantitative estimate of drug-likeness (QED) is 0.525. The molecule has 0 saturated carbocycles. The second-order valence-electron chi connectivity index (χ2n) is 3.48. The van der Waals surface area contributed by atoms with Gasteiger partial charge in [0.1, 0.15) is 5.76 Å². The predicted octanol–water partition coefficient (Wildman–Crippen LogP) is 3.02. The van der Waals surface area contributed by atoms with Crippen molar-refractivity contribution in [1.29, 1.82) is 0 Å². The minimum atomic E-state index is -0.709. The number of nitrogens with one attached hydrogen (secondary N) is 1. The van der Waals surface area contributed by atoms with E-state index in [0.29, 0.717) is 17.3 Å². The molecule has 18 heavy (non-hydrogen) atoms. The number of amides is 1. The number of carbonyl (C=O) groups is 1. The number of hydrogen-bond donors (Lipinski definition) is 1. The Morgan fingerprint density at radius 3 is 3.06 bits per heavy atom. The first-order valence-corrected chi connectivity index (χ1v) is 6.03. The van der Waals surface area contributed by atoms with E-state index in [1.807, 2.05) is 17.5 Å². The summed E-state index contributed by atoms with van der Waals surface area (Å²) in [7, 11) is 0. The molecule has 0 unspecified atom stereocenters. The fourth-order valence-corrected chi connectivity index (χ4v) is 1.86. The van der Waals surface area contributed by atoms with E-state index in [1.165, 1.54) is 11.3 Å². The Labute approximate surface area is 107 Å². The molecule has 0 aliphatic carbocycles. The summed E-state index contributed by atoms with van der Waals surface area (Å²) in [6.45, 7) is 3.49. The number of carbonyl (C=O) groups excluding carboxylic acids is 1. The highest BCUT2D eigenvalue weighted by Gasteiger charge is 2.07. The molecule has 0 aromatic carbocycles. The number of oxime groups is 1. The molecule has 2 rings (SSSR count). The number of nitrogens with zero attached hydrogens (tertiary/aromatic N) is 2. The SMILES string of the molecule is C/C(=N\OC(=O)Nc1cc(C)on1)c1cccs1. The Hall–Kier alpha value is -2.15. The molecule has 6 nitrogen and oxygen atoms in total. The third-order valence-corrected chi connectivity index (χ3v) is 2.98. The van der Waals surface area contributed by atoms with Gasteiger partial charge in [0.2, 0.25) is 0 Å². The number of thiophene rings is 1. The summed E-state index contributed by atoms with van der Waals surface area (Å²) >= 11 is 1.52. The molecule has 0 aliphatic rings. The average molecular weight is 265 g/mol. The van der Waals surface area contributed by atoms with E-state index in [9.17, 15) is 4.79 Å². The highest BCUT2D eigenvalue weighted by Crippen LogP contribution is 2.10. The van der Waals surface area contributed by atoms with Gasteiger partial charge in [0.15, 0.2) is 5.82 Å². The van der Waals surface area contributed by atoms with E-state index in [4.69, 9.17) is 9.36 Å². The molecule has 2 heterocycles. The van der Waals surface area contributed by atoms with E-state index >= 15 is 0 Å². The Balaban J connectivity index is 1.90. The van der Waals surface area contributed by atoms with Crippen LogP contribution in [-0.2, 0) is 4.84 Å². The fourth-order valence-electron chi connectivity index (χ4n) is 1.19. The molecule has 0 aliphatic heterocycles. The summed E-state index contributed by atoms with van der Waals surface area (Å²) in [6, 6.07) is 5.38. The third kappa shape index (κ3) is 3.17. The summed E-state index contributed by atoms with van der Waals surface area (Å²) in [5.74, 6) is 0.894. The summed E-state index contributed by atoms with van der Waals surface area (Å²) < 4.78 is 4.80. The van der Waals surface area contributed by atoms with Crippen molar-refractivity contribution in [2.24, 2.45) is 5.16 Å². The minimum Gasteiger partial charge on any atom is -0.360 e. The molecule has 0 atom stereocenters. The van der Waals surface area contributed by atoms with E-state index in [1.54, 1.807) is 19.9 Å². The van der Waals surface area contributed by atoms with Gasteiger partial charge in [-0.15, -0.1) is 11.3 Å². The van der Waals surface area contributed by atoms with Crippen LogP contribution in [-0.4, -0.2) is 17.0 Å². The number of hydrogen-bond acceptors (Lipinski definition) is 6. The molecular weight excluding hydrogens is 254 g/mol. The normalized spacial score (nSPS) is 11.3. The predicted molar refractivity (Wildman–Crippen MR) is 67.9 cm³/mol. The zero-order valence-electron chi connectivity index (χ0n) is 9.84. The smallest absolute Gasteiger partial charge is 0.360 e. The molecule has 94 valence electrons. The van der Waals surface area contributed by atoms with Crippen LogP contribution in [0.25, 0.3) is 0 Å². The van der Waals surface area contributed by atoms with Crippen molar-refractivity contribution in [2.45, 2.75) is 13.8 Å². The fraction of sp³-hybridized carbons (Fsp3) is 0.182. The molecule has 2 aromatic rings. The van der Waals surface area contributed by atoms with Crippen LogP contribution in [0, 0.1) is 6.92 Å². The Kier molecular flexibility index (Phi) is 3.73. The minimum absolute atomic E-state index is 0.293. The molecule has 0 spiro atoms. The average Bonchev–Trinajstić information content (AvgIpc) is 2.97. The van der Waals surface area contributed by atoms with Crippen LogP contribution >= 0.6 is 11.3 Å². The molecule has 1 N–H and O–H groups in total. The molecule has 0 bridgehead atoms. The molecular formula is C11H11N3O3S. The largest absolute Gasteiger partial charge is 0.439 e. The van der Waals surface area contributed by atoms with Gasteiger partial charge in [-0.3, -0.25) is 10.2 Å². The maximum Gasteiger partial charge on any atom is 0.439 e. The lowest BCUT2D eigenvalue weighted by Gasteiger charge is -1.98. The van der Waals surface area contributed by atoms with Gasteiger partial charge in [-0.1, -0.05) is 16.4 Å². The molecule has 0 radical (unpaired) electrons. The third-order valence-electron chi connectivity index (χ3n) is 2.00. The second-order valence-corrected chi connectivity index (χ2v) is 4.43. The van der Waals surface area contributed by atoms with Gasteiger partial charge in [0, 0.05) is 6.07 Å². The van der Waals surface area contributed by atoms with Crippen LogP contribution in [0.2, 0.25) is 0 Å². The maximum absolute atomic E-state index is 11.4. The standard InChI is InChI=1S/C11H11N3O3S/c1-7-6-10(14-16-7)12-11(15)17-13-8(2)9-4-3-5-18-9/h3-6H,1-2H3,(H,12,14,15)/b13-8+. The van der Waals surface area contributed by atoms with Crippen LogP contribution in [0.3, 0.4) is 0 Å². The van der Waals surface area contributed by atoms with Gasteiger partial charge in [-0.25, -0.2) is 4.79 Å². The lowest BCUT2D eigenvalue weighted by molar-refractivity contribution is 0.166. The molecule has 7 heteroatoms. The van der Waals surface area contributed by atoms with E-state index in [0.717, 1.165) is 4.88 Å². The zero-order chi connectivity index (χ0) is 13.0. The summed E-state index contributed by atoms with van der Waals surface area (Å²) in [6.07, 6.45) is -0.709. The molecule has 0 saturated heterocycles. The van der Waals surface area contributed by atoms with Crippen molar-refractivity contribution in [3.05, 3.63) is 34.2 Å². The molecule has 0 fully saturated rings. The highest BCUT2D eigenvalue weighted by atomic mass is 32.1. The monoisotopic (exact) mass is 265 g/mol. The van der Waals surface area contributed by atoms with Crippen molar-refractivity contribution in [2.75, 3.05) is 5.32 Å².